The Morgan fingerprint density at radius 2 is 2.10 bits per heavy atom. The van der Waals surface area contributed by atoms with Gasteiger partial charge in [0.05, 0.1) is 12.6 Å². The molecule has 20 heavy (non-hydrogen) atoms. The molecule has 1 aliphatic heterocycles. The van der Waals surface area contributed by atoms with Crippen LogP contribution in [0.3, 0.4) is 0 Å². The monoisotopic (exact) mass is 272 g/mol. The Morgan fingerprint density at radius 1 is 1.30 bits per heavy atom. The number of rotatable bonds is 4. The van der Waals surface area contributed by atoms with Gasteiger partial charge in [-0.15, -0.1) is 0 Å². The molecule has 1 saturated heterocycles. The van der Waals surface area contributed by atoms with Crippen molar-refractivity contribution in [2.24, 2.45) is 5.73 Å². The van der Waals surface area contributed by atoms with Crippen LogP contribution in [-0.2, 0) is 11.3 Å². The minimum absolute atomic E-state index is 0.406. The standard InChI is InChI=1S/C17H24N2O/c1-19(14-17-6-2-3-12-20-17)13-16-9-7-15(8-10-16)5-4-11-18/h7-10,17H,2-3,6,11-14,18H2,1H3. The van der Waals surface area contributed by atoms with Gasteiger partial charge in [0.1, 0.15) is 0 Å². The first-order valence-corrected chi connectivity index (χ1v) is 7.36. The zero-order valence-corrected chi connectivity index (χ0v) is 12.3. The molecule has 2 N–H and O–H groups in total. The van der Waals surface area contributed by atoms with E-state index in [0.717, 1.165) is 25.3 Å². The SMILES string of the molecule is CN(Cc1ccc(C#CCN)cc1)CC1CCCCO1. The summed E-state index contributed by atoms with van der Waals surface area (Å²) in [5, 5.41) is 0. The molecule has 0 saturated carbocycles. The molecule has 3 heteroatoms. The molecule has 1 aliphatic rings. The average molecular weight is 272 g/mol. The number of nitrogens with two attached hydrogens (primary N) is 1. The Morgan fingerprint density at radius 3 is 2.75 bits per heavy atom. The fraction of sp³-hybridized carbons (Fsp3) is 0.529. The van der Waals surface area contributed by atoms with E-state index < -0.39 is 0 Å². The minimum atomic E-state index is 0.406. The molecule has 108 valence electrons. The predicted molar refractivity (Wildman–Crippen MR) is 82.3 cm³/mol. The molecule has 0 radical (unpaired) electrons. The van der Waals surface area contributed by atoms with Crippen molar-refractivity contribution in [1.82, 2.24) is 4.90 Å². The first-order valence-electron chi connectivity index (χ1n) is 7.36. The van der Waals surface area contributed by atoms with Crippen LogP contribution in [0.1, 0.15) is 30.4 Å². The fourth-order valence-electron chi connectivity index (χ4n) is 2.52. The highest BCUT2D eigenvalue weighted by Crippen LogP contribution is 2.14. The van der Waals surface area contributed by atoms with Crippen LogP contribution in [0.5, 0.6) is 0 Å². The molecule has 1 unspecified atom stereocenters. The summed E-state index contributed by atoms with van der Waals surface area (Å²) in [4.78, 5) is 2.33. The third kappa shape index (κ3) is 4.97. The molecule has 1 fully saturated rings. The molecule has 2 rings (SSSR count). The molecule has 0 bridgehead atoms. The van der Waals surface area contributed by atoms with E-state index in [-0.39, 0.29) is 0 Å². The van der Waals surface area contributed by atoms with Crippen LogP contribution in [0.4, 0.5) is 0 Å². The van der Waals surface area contributed by atoms with Gasteiger partial charge in [0.25, 0.3) is 0 Å². The van der Waals surface area contributed by atoms with Crippen molar-refractivity contribution >= 4 is 0 Å². The molecule has 1 aromatic carbocycles. The van der Waals surface area contributed by atoms with Gasteiger partial charge < -0.3 is 10.5 Å². The van der Waals surface area contributed by atoms with E-state index in [2.05, 4.69) is 48.1 Å². The first-order chi connectivity index (χ1) is 9.78. The summed E-state index contributed by atoms with van der Waals surface area (Å²) in [5.41, 5.74) is 7.70. The third-order valence-corrected chi connectivity index (χ3v) is 3.53. The highest BCUT2D eigenvalue weighted by molar-refractivity contribution is 5.36. The highest BCUT2D eigenvalue weighted by Gasteiger charge is 2.15. The lowest BCUT2D eigenvalue weighted by Crippen LogP contribution is -2.33. The smallest absolute Gasteiger partial charge is 0.0702 e. The first kappa shape index (κ1) is 15.1. The Labute approximate surface area is 122 Å². The summed E-state index contributed by atoms with van der Waals surface area (Å²) < 4.78 is 5.78. The lowest BCUT2D eigenvalue weighted by Gasteiger charge is -2.27. The number of hydrogen-bond acceptors (Lipinski definition) is 3. The summed E-state index contributed by atoms with van der Waals surface area (Å²) in [5.74, 6) is 5.91. The van der Waals surface area contributed by atoms with Crippen molar-refractivity contribution in [2.45, 2.75) is 31.9 Å². The summed E-state index contributed by atoms with van der Waals surface area (Å²) >= 11 is 0. The van der Waals surface area contributed by atoms with E-state index in [1.54, 1.807) is 0 Å². The molecular formula is C17H24N2O. The molecule has 0 amide bonds. The Balaban J connectivity index is 1.82. The van der Waals surface area contributed by atoms with E-state index in [1.807, 2.05) is 0 Å². The molecule has 0 aromatic heterocycles. The second kappa shape index (κ2) is 8.06. The summed E-state index contributed by atoms with van der Waals surface area (Å²) in [7, 11) is 2.15. The number of hydrogen-bond donors (Lipinski definition) is 1. The van der Waals surface area contributed by atoms with Crippen LogP contribution in [0.25, 0.3) is 0 Å². The van der Waals surface area contributed by atoms with Crippen LogP contribution in [0.15, 0.2) is 24.3 Å². The minimum Gasteiger partial charge on any atom is -0.377 e. The normalized spacial score (nSPS) is 18.6. The number of benzene rings is 1. The summed E-state index contributed by atoms with van der Waals surface area (Å²) in [6, 6.07) is 8.39. The van der Waals surface area contributed by atoms with Crippen molar-refractivity contribution in [1.29, 1.82) is 0 Å². The van der Waals surface area contributed by atoms with Crippen LogP contribution < -0.4 is 5.73 Å². The second-order valence-corrected chi connectivity index (χ2v) is 5.39. The zero-order valence-electron chi connectivity index (χ0n) is 12.3. The molecule has 3 nitrogen and oxygen atoms in total. The highest BCUT2D eigenvalue weighted by atomic mass is 16.5. The largest absolute Gasteiger partial charge is 0.377 e. The Kier molecular flexibility index (Phi) is 6.07. The van der Waals surface area contributed by atoms with E-state index in [0.29, 0.717) is 12.6 Å². The van der Waals surface area contributed by atoms with Crippen LogP contribution in [0, 0.1) is 11.8 Å². The van der Waals surface area contributed by atoms with Crippen molar-refractivity contribution in [3.63, 3.8) is 0 Å². The molecule has 1 heterocycles. The number of likely N-dealkylation sites (N-methyl/N-ethyl adjacent to an activating group) is 1. The van der Waals surface area contributed by atoms with Crippen molar-refractivity contribution in [3.8, 4) is 11.8 Å². The third-order valence-electron chi connectivity index (χ3n) is 3.53. The topological polar surface area (TPSA) is 38.5 Å². The number of nitrogens with zero attached hydrogens (tertiary/aromatic N) is 1. The summed E-state index contributed by atoms with van der Waals surface area (Å²) in [6.07, 6.45) is 4.11. The van der Waals surface area contributed by atoms with Gasteiger partial charge in [0, 0.05) is 25.3 Å². The molecule has 1 aromatic rings. The van der Waals surface area contributed by atoms with Crippen LogP contribution in [-0.4, -0.2) is 37.7 Å². The van der Waals surface area contributed by atoms with Crippen molar-refractivity contribution in [3.05, 3.63) is 35.4 Å². The quantitative estimate of drug-likeness (QED) is 0.852. The van der Waals surface area contributed by atoms with Crippen LogP contribution >= 0.6 is 0 Å². The van der Waals surface area contributed by atoms with Gasteiger partial charge in [-0.05, 0) is 44.0 Å². The van der Waals surface area contributed by atoms with Crippen LogP contribution in [0.2, 0.25) is 0 Å². The molecule has 1 atom stereocenters. The lowest BCUT2D eigenvalue weighted by molar-refractivity contribution is -0.00259. The Bertz CT molecular complexity index is 452. The average Bonchev–Trinajstić information content (AvgIpc) is 2.47. The lowest BCUT2D eigenvalue weighted by atomic mass is 10.1. The van der Waals surface area contributed by atoms with E-state index in [9.17, 15) is 0 Å². The van der Waals surface area contributed by atoms with Gasteiger partial charge in [-0.1, -0.05) is 24.0 Å². The van der Waals surface area contributed by atoms with E-state index in [1.165, 1.54) is 24.8 Å². The molecular weight excluding hydrogens is 248 g/mol. The number of ether oxygens (including phenoxy) is 1. The summed E-state index contributed by atoms with van der Waals surface area (Å²) in [6.45, 7) is 3.29. The predicted octanol–water partition coefficient (Wildman–Crippen LogP) is 2.00. The maximum absolute atomic E-state index is 5.78. The van der Waals surface area contributed by atoms with Gasteiger partial charge in [-0.2, -0.15) is 0 Å². The maximum Gasteiger partial charge on any atom is 0.0702 e. The Hall–Kier alpha value is -1.34. The van der Waals surface area contributed by atoms with Gasteiger partial charge in [-0.25, -0.2) is 0 Å². The van der Waals surface area contributed by atoms with Crippen molar-refractivity contribution in [2.75, 3.05) is 26.7 Å². The maximum atomic E-state index is 5.78. The van der Waals surface area contributed by atoms with E-state index in [4.69, 9.17) is 10.5 Å². The molecule has 0 aliphatic carbocycles. The zero-order chi connectivity index (χ0) is 14.2. The van der Waals surface area contributed by atoms with Gasteiger partial charge >= 0.3 is 0 Å². The molecule has 0 spiro atoms. The van der Waals surface area contributed by atoms with Gasteiger partial charge in [-0.3, -0.25) is 4.90 Å². The van der Waals surface area contributed by atoms with Gasteiger partial charge in [0.2, 0.25) is 0 Å². The fourth-order valence-corrected chi connectivity index (χ4v) is 2.52. The van der Waals surface area contributed by atoms with Gasteiger partial charge in [0.15, 0.2) is 0 Å². The van der Waals surface area contributed by atoms with E-state index >= 15 is 0 Å². The second-order valence-electron chi connectivity index (χ2n) is 5.39. The van der Waals surface area contributed by atoms with Crippen molar-refractivity contribution < 1.29 is 4.74 Å².